The van der Waals surface area contributed by atoms with Gasteiger partial charge in [0.2, 0.25) is 0 Å². The second kappa shape index (κ2) is 8.43. The molecule has 7 rings (SSSR count). The van der Waals surface area contributed by atoms with Crippen LogP contribution in [0.5, 0.6) is 0 Å². The summed E-state index contributed by atoms with van der Waals surface area (Å²) in [6.45, 7) is 3.83. The van der Waals surface area contributed by atoms with Crippen LogP contribution in [0.3, 0.4) is 0 Å². The van der Waals surface area contributed by atoms with Crippen LogP contribution in [0, 0.1) is 24.7 Å². The van der Waals surface area contributed by atoms with E-state index in [2.05, 4.69) is 4.72 Å². The van der Waals surface area contributed by atoms with Gasteiger partial charge in [-0.3, -0.25) is 4.72 Å². The molecule has 0 saturated heterocycles. The molecule has 186 valence electrons. The summed E-state index contributed by atoms with van der Waals surface area (Å²) < 4.78 is 36.1. The number of benzene rings is 1. The van der Waals surface area contributed by atoms with Crippen LogP contribution in [-0.2, 0) is 20.2 Å². The fourth-order valence-corrected chi connectivity index (χ4v) is 11.2. The standard InChI is InChI=1S/C25H27ClN2O4S3/c1-3-32-22(29)20-21(25-10-14-6-15(11-25)8-16(7-14)12-25)27-24(34-20)28-35(30,31)23-13(2)18-9-17(26)4-5-19(18)33-23/h4-5,9,14-16H,3,6-8,10-12H2,1-2H3,(H,27,28). The number of thiophene rings is 1. The van der Waals surface area contributed by atoms with Crippen molar-refractivity contribution < 1.29 is 17.9 Å². The quantitative estimate of drug-likeness (QED) is 0.342. The molecule has 4 saturated carbocycles. The number of esters is 1. The lowest BCUT2D eigenvalue weighted by molar-refractivity contribution is -0.00769. The van der Waals surface area contributed by atoms with Gasteiger partial charge in [-0.15, -0.1) is 11.3 Å². The Labute approximate surface area is 218 Å². The van der Waals surface area contributed by atoms with Crippen LogP contribution in [-0.4, -0.2) is 26.0 Å². The number of anilines is 1. The van der Waals surface area contributed by atoms with Crippen molar-refractivity contribution in [2.75, 3.05) is 11.3 Å². The third-order valence-corrected chi connectivity index (χ3v) is 12.5. The highest BCUT2D eigenvalue weighted by Crippen LogP contribution is 2.61. The highest BCUT2D eigenvalue weighted by molar-refractivity contribution is 7.95. The lowest BCUT2D eigenvalue weighted by atomic mass is 9.48. The number of sulfonamides is 1. The van der Waals surface area contributed by atoms with Crippen LogP contribution in [0.4, 0.5) is 5.13 Å². The first-order chi connectivity index (χ1) is 16.7. The van der Waals surface area contributed by atoms with Crippen LogP contribution in [0.25, 0.3) is 10.1 Å². The summed E-state index contributed by atoms with van der Waals surface area (Å²) in [5, 5.41) is 1.62. The number of thiazole rings is 1. The Morgan fingerprint density at radius 1 is 1.17 bits per heavy atom. The van der Waals surface area contributed by atoms with Crippen molar-refractivity contribution in [3.8, 4) is 0 Å². The molecular weight excluding hydrogens is 524 g/mol. The van der Waals surface area contributed by atoms with Crippen molar-refractivity contribution in [1.29, 1.82) is 0 Å². The van der Waals surface area contributed by atoms with Crippen LogP contribution < -0.4 is 4.72 Å². The summed E-state index contributed by atoms with van der Waals surface area (Å²) in [7, 11) is -3.89. The summed E-state index contributed by atoms with van der Waals surface area (Å²) in [6.07, 6.45) is 6.89. The van der Waals surface area contributed by atoms with E-state index < -0.39 is 16.0 Å². The van der Waals surface area contributed by atoms with Gasteiger partial charge >= 0.3 is 5.97 Å². The van der Waals surface area contributed by atoms with Crippen molar-refractivity contribution in [1.82, 2.24) is 4.98 Å². The Morgan fingerprint density at radius 3 is 2.46 bits per heavy atom. The zero-order chi connectivity index (χ0) is 24.5. The van der Waals surface area contributed by atoms with E-state index in [9.17, 15) is 13.2 Å². The molecule has 1 aromatic carbocycles. The number of ether oxygens (including phenoxy) is 1. The molecule has 4 bridgehead atoms. The Bertz CT molecular complexity index is 1410. The van der Waals surface area contributed by atoms with E-state index in [1.807, 2.05) is 6.07 Å². The third kappa shape index (κ3) is 3.99. The number of carbonyl (C=O) groups excluding carboxylic acids is 1. The minimum absolute atomic E-state index is 0.151. The first-order valence-corrected chi connectivity index (χ1v) is 15.6. The fourth-order valence-electron chi connectivity index (χ4n) is 7.05. The molecule has 2 heterocycles. The molecule has 6 nitrogen and oxygen atoms in total. The van der Waals surface area contributed by atoms with Crippen molar-refractivity contribution in [2.24, 2.45) is 17.8 Å². The van der Waals surface area contributed by atoms with E-state index in [0.29, 0.717) is 33.2 Å². The maximum Gasteiger partial charge on any atom is 0.350 e. The summed E-state index contributed by atoms with van der Waals surface area (Å²) in [5.74, 6) is 1.61. The maximum absolute atomic E-state index is 13.5. The lowest BCUT2D eigenvalue weighted by Crippen LogP contribution is -2.49. The Morgan fingerprint density at radius 2 is 1.83 bits per heavy atom. The maximum atomic E-state index is 13.5. The zero-order valence-corrected chi connectivity index (χ0v) is 22.8. The van der Waals surface area contributed by atoms with E-state index in [1.165, 1.54) is 30.6 Å². The number of aryl methyl sites for hydroxylation is 1. The van der Waals surface area contributed by atoms with Gasteiger partial charge in [0.25, 0.3) is 10.0 Å². The lowest BCUT2D eigenvalue weighted by Gasteiger charge is -2.56. The first kappa shape index (κ1) is 23.7. The van der Waals surface area contributed by atoms with E-state index in [4.69, 9.17) is 21.3 Å². The topological polar surface area (TPSA) is 85.4 Å². The van der Waals surface area contributed by atoms with Crippen LogP contribution in [0.2, 0.25) is 5.02 Å². The monoisotopic (exact) mass is 550 g/mol. The summed E-state index contributed by atoms with van der Waals surface area (Å²) in [5.41, 5.74) is 1.25. The van der Waals surface area contributed by atoms with Crippen molar-refractivity contribution in [2.45, 2.75) is 62.0 Å². The van der Waals surface area contributed by atoms with Gasteiger partial charge in [-0.25, -0.2) is 18.2 Å². The minimum atomic E-state index is -3.89. The van der Waals surface area contributed by atoms with E-state index in [1.54, 1.807) is 26.0 Å². The van der Waals surface area contributed by atoms with Gasteiger partial charge in [-0.2, -0.15) is 0 Å². The van der Waals surface area contributed by atoms with Gasteiger partial charge in [0.1, 0.15) is 9.09 Å². The molecule has 2 aromatic heterocycles. The molecule has 4 fully saturated rings. The number of aromatic nitrogens is 1. The first-order valence-electron chi connectivity index (χ1n) is 12.1. The smallest absolute Gasteiger partial charge is 0.350 e. The van der Waals surface area contributed by atoms with Gasteiger partial charge < -0.3 is 4.74 Å². The molecule has 35 heavy (non-hydrogen) atoms. The van der Waals surface area contributed by atoms with Gasteiger partial charge in [0.05, 0.1) is 12.3 Å². The molecule has 0 aliphatic heterocycles. The number of hydrogen-bond donors (Lipinski definition) is 1. The number of rotatable bonds is 6. The van der Waals surface area contributed by atoms with Crippen molar-refractivity contribution >= 4 is 65.5 Å². The highest BCUT2D eigenvalue weighted by Gasteiger charge is 2.54. The highest BCUT2D eigenvalue weighted by atomic mass is 35.5. The molecule has 0 unspecified atom stereocenters. The number of fused-ring (bicyclic) bond motifs is 1. The normalized spacial score (nSPS) is 27.5. The third-order valence-electron chi connectivity index (χ3n) is 7.95. The van der Waals surface area contributed by atoms with Gasteiger partial charge in [-0.05, 0) is 99.3 Å². The molecule has 3 aromatic rings. The number of halogens is 1. The average Bonchev–Trinajstić information content (AvgIpc) is 3.35. The Hall–Kier alpha value is -1.68. The number of hydrogen-bond acceptors (Lipinski definition) is 7. The average molecular weight is 551 g/mol. The fraction of sp³-hybridized carbons (Fsp3) is 0.520. The number of nitrogens with zero attached hydrogens (tertiary/aromatic N) is 1. The molecule has 0 atom stereocenters. The summed E-state index contributed by atoms with van der Waals surface area (Å²) in [4.78, 5) is 18.2. The number of nitrogens with one attached hydrogen (secondary N) is 1. The van der Waals surface area contributed by atoms with Gasteiger partial charge in [0.15, 0.2) is 5.13 Å². The summed E-state index contributed by atoms with van der Waals surface area (Å²) >= 11 is 8.44. The molecule has 4 aliphatic carbocycles. The SMILES string of the molecule is CCOC(=O)c1sc(NS(=O)(=O)c2sc3ccc(Cl)cc3c2C)nc1C12CC3CC(CC(C3)C1)C2. The van der Waals surface area contributed by atoms with E-state index in [0.717, 1.165) is 46.4 Å². The second-order valence-electron chi connectivity index (χ2n) is 10.4. The molecule has 1 N–H and O–H groups in total. The largest absolute Gasteiger partial charge is 0.462 e. The van der Waals surface area contributed by atoms with E-state index >= 15 is 0 Å². The van der Waals surface area contributed by atoms with Gasteiger partial charge in [0, 0.05) is 15.1 Å². The Balaban J connectivity index is 1.39. The second-order valence-corrected chi connectivity index (χ2v) is 14.7. The summed E-state index contributed by atoms with van der Waals surface area (Å²) in [6, 6.07) is 5.38. The predicted octanol–water partition coefficient (Wildman–Crippen LogP) is 6.76. The van der Waals surface area contributed by atoms with Crippen LogP contribution in [0.15, 0.2) is 22.4 Å². The molecular formula is C25H27ClN2O4S3. The molecule has 0 radical (unpaired) electrons. The van der Waals surface area contributed by atoms with Crippen molar-refractivity contribution in [3.63, 3.8) is 0 Å². The van der Waals surface area contributed by atoms with Crippen molar-refractivity contribution in [3.05, 3.63) is 39.4 Å². The molecule has 10 heteroatoms. The molecule has 0 amide bonds. The zero-order valence-electron chi connectivity index (χ0n) is 19.6. The molecule has 4 aliphatic rings. The van der Waals surface area contributed by atoms with Crippen LogP contribution in [0.1, 0.15) is 66.4 Å². The van der Waals surface area contributed by atoms with Crippen LogP contribution >= 0.6 is 34.3 Å². The Kier molecular flexibility index (Phi) is 5.71. The van der Waals surface area contributed by atoms with Gasteiger partial charge in [-0.1, -0.05) is 22.9 Å². The van der Waals surface area contributed by atoms with E-state index in [-0.39, 0.29) is 21.4 Å². The predicted molar refractivity (Wildman–Crippen MR) is 140 cm³/mol. The number of carbonyl (C=O) groups is 1. The molecule has 0 spiro atoms. The minimum Gasteiger partial charge on any atom is -0.462 e.